The number of para-hydroxylation sites is 1. The van der Waals surface area contributed by atoms with E-state index in [1.165, 1.54) is 0 Å². The van der Waals surface area contributed by atoms with Crippen LogP contribution in [-0.4, -0.2) is 44.5 Å². The van der Waals surface area contributed by atoms with Gasteiger partial charge in [0.1, 0.15) is 0 Å². The maximum atomic E-state index is 12.6. The topological polar surface area (TPSA) is 122 Å². The van der Waals surface area contributed by atoms with E-state index in [9.17, 15) is 18.7 Å². The fraction of sp³-hybridized carbons (Fsp3) is 0.364. The van der Waals surface area contributed by atoms with Gasteiger partial charge in [0.05, 0.1) is 22.3 Å². The predicted octanol–water partition coefficient (Wildman–Crippen LogP) is 3.22. The van der Waals surface area contributed by atoms with Crippen LogP contribution in [0.25, 0.3) is 0 Å². The molecule has 2 atom stereocenters. The van der Waals surface area contributed by atoms with Gasteiger partial charge in [-0.3, -0.25) is 23.9 Å². The zero-order chi connectivity index (χ0) is 22.0. The van der Waals surface area contributed by atoms with E-state index in [-0.39, 0.29) is 11.9 Å². The Morgan fingerprint density at radius 2 is 1.81 bits per heavy atom. The summed E-state index contributed by atoms with van der Waals surface area (Å²) in [6.07, 6.45) is 2.16. The van der Waals surface area contributed by atoms with Crippen LogP contribution in [0, 0.1) is 5.92 Å². The van der Waals surface area contributed by atoms with Gasteiger partial charge in [-0.15, -0.1) is 0 Å². The summed E-state index contributed by atoms with van der Waals surface area (Å²) < 4.78 is 20.6. The van der Waals surface area contributed by atoms with Gasteiger partial charge in [0.2, 0.25) is 5.91 Å². The molecule has 5 N–H and O–H groups in total. The van der Waals surface area contributed by atoms with Crippen LogP contribution in [0.4, 0.5) is 5.69 Å². The van der Waals surface area contributed by atoms with Gasteiger partial charge >= 0.3 is 0 Å². The van der Waals surface area contributed by atoms with Crippen LogP contribution in [0.1, 0.15) is 35.2 Å². The summed E-state index contributed by atoms with van der Waals surface area (Å²) in [6.45, 7) is 1.13. The van der Waals surface area contributed by atoms with Gasteiger partial charge < -0.3 is 10.2 Å². The van der Waals surface area contributed by atoms with Crippen LogP contribution >= 0.6 is 10.6 Å². The second-order valence-corrected chi connectivity index (χ2v) is 10.2. The average molecular weight is 446 g/mol. The maximum absolute atomic E-state index is 12.6. The molecule has 166 valence electrons. The lowest BCUT2D eigenvalue weighted by molar-refractivity contribution is -0.133. The Kier molecular flexibility index (Phi) is 6.19. The van der Waals surface area contributed by atoms with Crippen molar-refractivity contribution in [2.75, 3.05) is 17.2 Å². The second kappa shape index (κ2) is 8.88. The predicted molar refractivity (Wildman–Crippen MR) is 118 cm³/mol. The van der Waals surface area contributed by atoms with Crippen LogP contribution < -0.4 is 15.7 Å². The van der Waals surface area contributed by atoms with Gasteiger partial charge in [-0.2, -0.15) is 10.6 Å². The first-order valence-corrected chi connectivity index (χ1v) is 12.0. The van der Waals surface area contributed by atoms with Crippen molar-refractivity contribution in [1.82, 2.24) is 10.8 Å². The number of hydrogen-bond donors (Lipinski definition) is 5. The lowest BCUT2D eigenvalue weighted by atomic mass is 10.0. The number of anilines is 1. The number of hydroxylamine groups is 1. The molecule has 1 heterocycles. The van der Waals surface area contributed by atoms with Crippen LogP contribution in [-0.2, 0) is 11.3 Å². The Labute approximate surface area is 182 Å². The van der Waals surface area contributed by atoms with E-state index >= 15 is 0 Å². The van der Waals surface area contributed by atoms with Gasteiger partial charge in [0.15, 0.2) is 0 Å². The monoisotopic (exact) mass is 445 g/mol. The van der Waals surface area contributed by atoms with Crippen molar-refractivity contribution in [2.45, 2.75) is 36.7 Å². The fourth-order valence-corrected chi connectivity index (χ4v) is 5.91. The molecule has 1 aliphatic carbocycles. The molecule has 8 nitrogen and oxygen atoms in total. The minimum absolute atomic E-state index is 0.244. The Balaban J connectivity index is 1.42. The van der Waals surface area contributed by atoms with Gasteiger partial charge in [0, 0.05) is 24.7 Å². The van der Waals surface area contributed by atoms with E-state index in [2.05, 4.69) is 10.2 Å². The summed E-state index contributed by atoms with van der Waals surface area (Å²) in [5.74, 6) is -0.822. The number of rotatable bonds is 5. The highest BCUT2D eigenvalue weighted by Crippen LogP contribution is 2.55. The number of hydrogen-bond acceptors (Lipinski definition) is 6. The average Bonchev–Trinajstić information content (AvgIpc) is 3.24. The molecule has 0 saturated heterocycles. The molecule has 1 saturated carbocycles. The summed E-state index contributed by atoms with van der Waals surface area (Å²) >= 11 is 0. The molecule has 31 heavy (non-hydrogen) atoms. The van der Waals surface area contributed by atoms with Crippen molar-refractivity contribution < 1.29 is 23.9 Å². The highest BCUT2D eigenvalue weighted by atomic mass is 32.3. The molecule has 0 radical (unpaired) electrons. The van der Waals surface area contributed by atoms with Crippen molar-refractivity contribution in [3.8, 4) is 0 Å². The molecule has 2 unspecified atom stereocenters. The summed E-state index contributed by atoms with van der Waals surface area (Å²) in [5, 5.41) is 11.8. The molecule has 9 heteroatoms. The first-order valence-electron chi connectivity index (χ1n) is 10.3. The number of carbonyl (C=O) groups is 2. The highest BCUT2D eigenvalue weighted by molar-refractivity contribution is 8.24. The number of fused-ring (bicyclic) bond motifs is 1. The minimum atomic E-state index is -2.75. The van der Waals surface area contributed by atoms with Crippen LogP contribution in [0.2, 0.25) is 0 Å². The van der Waals surface area contributed by atoms with E-state index in [0.29, 0.717) is 42.1 Å². The van der Waals surface area contributed by atoms with Crippen molar-refractivity contribution in [3.05, 3.63) is 59.7 Å². The van der Waals surface area contributed by atoms with Gasteiger partial charge in [-0.05, 0) is 42.7 Å². The molecule has 1 aliphatic heterocycles. The summed E-state index contributed by atoms with van der Waals surface area (Å²) in [4.78, 5) is 27.1. The number of amides is 2. The quantitative estimate of drug-likeness (QED) is 0.356. The van der Waals surface area contributed by atoms with Crippen LogP contribution in [0.3, 0.4) is 0 Å². The summed E-state index contributed by atoms with van der Waals surface area (Å²) in [5.41, 5.74) is 4.02. The lowest BCUT2D eigenvalue weighted by Gasteiger charge is -2.43. The number of benzene rings is 2. The zero-order valence-electron chi connectivity index (χ0n) is 17.0. The first kappa shape index (κ1) is 21.6. The third-order valence-corrected chi connectivity index (χ3v) is 7.87. The van der Waals surface area contributed by atoms with E-state index < -0.39 is 22.4 Å². The standard InChI is InChI=1S/C22H27N3O5S/c26-21(23-18-5-3-4-17(18)22(27)24-28)16-10-8-15(9-11-16)14-25-12-13-31(29,30)20-7-2-1-6-19(20)25/h1-2,6-11,17-18,28-30H,3-5,12-14H2,(H,23,26)(H,24,27). The normalized spacial score (nSPS) is 23.0. The Morgan fingerprint density at radius 3 is 2.55 bits per heavy atom. The third-order valence-electron chi connectivity index (χ3n) is 6.07. The smallest absolute Gasteiger partial charge is 0.251 e. The molecule has 0 bridgehead atoms. The second-order valence-electron chi connectivity index (χ2n) is 8.05. The van der Waals surface area contributed by atoms with Gasteiger partial charge in [0.25, 0.3) is 5.91 Å². The number of nitrogens with one attached hydrogen (secondary N) is 2. The Bertz CT molecular complexity index is 966. The first-order chi connectivity index (χ1) is 14.9. The largest absolute Gasteiger partial charge is 0.364 e. The van der Waals surface area contributed by atoms with Crippen LogP contribution in [0.15, 0.2) is 53.4 Å². The van der Waals surface area contributed by atoms with Crippen molar-refractivity contribution >= 4 is 28.1 Å². The maximum Gasteiger partial charge on any atom is 0.251 e. The minimum Gasteiger partial charge on any atom is -0.364 e. The Morgan fingerprint density at radius 1 is 1.06 bits per heavy atom. The number of carbonyl (C=O) groups excluding carboxylic acids is 2. The molecular formula is C22H27N3O5S. The molecule has 2 amide bonds. The SMILES string of the molecule is O=C(NC1CCCC1C(=O)NO)c1ccc(CN2CCS(O)(O)c3ccccc32)cc1. The summed E-state index contributed by atoms with van der Waals surface area (Å²) in [7, 11) is -2.75. The van der Waals surface area contributed by atoms with Crippen LogP contribution in [0.5, 0.6) is 0 Å². The van der Waals surface area contributed by atoms with Crippen molar-refractivity contribution in [1.29, 1.82) is 0 Å². The van der Waals surface area contributed by atoms with Crippen molar-refractivity contribution in [2.24, 2.45) is 5.92 Å². The van der Waals surface area contributed by atoms with Gasteiger partial charge in [-0.1, -0.05) is 30.7 Å². The Hall–Kier alpha value is -2.59. The fourth-order valence-electron chi connectivity index (χ4n) is 4.39. The van der Waals surface area contributed by atoms with E-state index in [4.69, 9.17) is 5.21 Å². The van der Waals surface area contributed by atoms with Gasteiger partial charge in [-0.25, -0.2) is 5.48 Å². The van der Waals surface area contributed by atoms with E-state index in [0.717, 1.165) is 17.7 Å². The lowest BCUT2D eigenvalue weighted by Crippen LogP contribution is -2.43. The zero-order valence-corrected chi connectivity index (χ0v) is 17.8. The molecule has 0 aromatic heterocycles. The molecule has 2 aromatic rings. The van der Waals surface area contributed by atoms with E-state index in [1.807, 2.05) is 30.3 Å². The molecule has 0 spiro atoms. The molecule has 2 aromatic carbocycles. The highest BCUT2D eigenvalue weighted by Gasteiger charge is 2.34. The molecule has 1 fully saturated rings. The molecule has 2 aliphatic rings. The third kappa shape index (κ3) is 4.54. The number of nitrogens with zero attached hydrogens (tertiary/aromatic N) is 1. The molecule has 4 rings (SSSR count). The molecular weight excluding hydrogens is 418 g/mol. The van der Waals surface area contributed by atoms with E-state index in [1.54, 1.807) is 23.7 Å². The summed E-state index contributed by atoms with van der Waals surface area (Å²) in [6, 6.07) is 14.3. The van der Waals surface area contributed by atoms with Crippen molar-refractivity contribution in [3.63, 3.8) is 0 Å².